The summed E-state index contributed by atoms with van der Waals surface area (Å²) in [6.07, 6.45) is 0. The molecular formula is C19H15ClN2O3S. The first-order chi connectivity index (χ1) is 12.7. The van der Waals surface area contributed by atoms with Crippen LogP contribution in [0.2, 0.25) is 5.02 Å². The average Bonchev–Trinajstić information content (AvgIpc) is 2.66. The van der Waals surface area contributed by atoms with Crippen LogP contribution in [0, 0.1) is 0 Å². The zero-order valence-electron chi connectivity index (χ0n) is 13.7. The molecule has 4 rings (SSSR count). The molecule has 0 saturated heterocycles. The van der Waals surface area contributed by atoms with Crippen molar-refractivity contribution in [2.24, 2.45) is 0 Å². The molecule has 7 heteroatoms. The van der Waals surface area contributed by atoms with Gasteiger partial charge in [0.2, 0.25) is 0 Å². The lowest BCUT2D eigenvalue weighted by atomic mass is 10.1. The Kier molecular flexibility index (Phi) is 4.97. The van der Waals surface area contributed by atoms with Gasteiger partial charge in [-0.05, 0) is 12.1 Å². The number of fused-ring (bicyclic) bond motifs is 1. The molecule has 0 spiro atoms. The van der Waals surface area contributed by atoms with Gasteiger partial charge in [-0.15, -0.1) is 0 Å². The van der Waals surface area contributed by atoms with Crippen molar-refractivity contribution < 1.29 is 9.47 Å². The molecule has 0 radical (unpaired) electrons. The fourth-order valence-corrected chi connectivity index (χ4v) is 3.88. The van der Waals surface area contributed by atoms with Gasteiger partial charge in [-0.25, -0.2) is 4.98 Å². The molecule has 5 nitrogen and oxygen atoms in total. The summed E-state index contributed by atoms with van der Waals surface area (Å²) in [6, 6.07) is 14.8. The number of ether oxygens (including phenoxy) is 2. The number of nitrogens with one attached hydrogen (secondary N) is 1. The van der Waals surface area contributed by atoms with E-state index in [0.29, 0.717) is 28.2 Å². The first-order valence-electron chi connectivity index (χ1n) is 8.00. The van der Waals surface area contributed by atoms with Crippen LogP contribution < -0.4 is 10.3 Å². The van der Waals surface area contributed by atoms with Crippen molar-refractivity contribution in [3.05, 3.63) is 75.0 Å². The van der Waals surface area contributed by atoms with Crippen LogP contribution in [0.1, 0.15) is 11.1 Å². The predicted molar refractivity (Wildman–Crippen MR) is 102 cm³/mol. The topological polar surface area (TPSA) is 64.2 Å². The van der Waals surface area contributed by atoms with Crippen molar-refractivity contribution in [2.75, 3.05) is 6.79 Å². The second kappa shape index (κ2) is 7.53. The maximum absolute atomic E-state index is 12.0. The maximum Gasteiger partial charge on any atom is 0.252 e. The molecule has 2 heterocycles. The van der Waals surface area contributed by atoms with E-state index in [0.717, 1.165) is 22.4 Å². The Bertz CT molecular complexity index is 992. The smallest absolute Gasteiger partial charge is 0.252 e. The van der Waals surface area contributed by atoms with Gasteiger partial charge < -0.3 is 14.5 Å². The van der Waals surface area contributed by atoms with E-state index >= 15 is 0 Å². The number of nitrogens with zero attached hydrogens (tertiary/aromatic N) is 1. The van der Waals surface area contributed by atoms with E-state index in [1.54, 1.807) is 0 Å². The fourth-order valence-electron chi connectivity index (χ4n) is 2.77. The number of H-pyrrole nitrogens is 1. The van der Waals surface area contributed by atoms with E-state index in [4.69, 9.17) is 21.1 Å². The minimum absolute atomic E-state index is 0.181. The number of thioether (sulfide) groups is 1. The quantitative estimate of drug-likeness (QED) is 0.536. The summed E-state index contributed by atoms with van der Waals surface area (Å²) in [5.74, 6) is 1.37. The number of benzene rings is 2. The van der Waals surface area contributed by atoms with Gasteiger partial charge in [0.05, 0.1) is 12.3 Å². The van der Waals surface area contributed by atoms with Crippen LogP contribution in [0.5, 0.6) is 5.75 Å². The Labute approximate surface area is 159 Å². The molecule has 0 bridgehead atoms. The van der Waals surface area contributed by atoms with Crippen LogP contribution >= 0.6 is 23.4 Å². The highest BCUT2D eigenvalue weighted by molar-refractivity contribution is 7.98. The second-order valence-corrected chi connectivity index (χ2v) is 7.15. The van der Waals surface area contributed by atoms with Crippen LogP contribution in [0.15, 0.2) is 58.5 Å². The predicted octanol–water partition coefficient (Wildman–Crippen LogP) is 4.25. The van der Waals surface area contributed by atoms with Gasteiger partial charge >= 0.3 is 0 Å². The lowest BCUT2D eigenvalue weighted by molar-refractivity contribution is -0.0168. The van der Waals surface area contributed by atoms with Gasteiger partial charge in [-0.1, -0.05) is 53.7 Å². The number of halogens is 1. The summed E-state index contributed by atoms with van der Waals surface area (Å²) in [4.78, 5) is 19.4. The minimum atomic E-state index is -0.181. The zero-order chi connectivity index (χ0) is 17.9. The van der Waals surface area contributed by atoms with Crippen LogP contribution in [0.3, 0.4) is 0 Å². The van der Waals surface area contributed by atoms with Crippen molar-refractivity contribution in [2.45, 2.75) is 17.5 Å². The molecule has 1 aliphatic heterocycles. The molecule has 0 amide bonds. The van der Waals surface area contributed by atoms with Crippen molar-refractivity contribution >= 4 is 23.4 Å². The van der Waals surface area contributed by atoms with Crippen molar-refractivity contribution in [3.8, 4) is 17.0 Å². The van der Waals surface area contributed by atoms with E-state index in [-0.39, 0.29) is 12.4 Å². The van der Waals surface area contributed by atoms with Crippen molar-refractivity contribution in [3.63, 3.8) is 0 Å². The van der Waals surface area contributed by atoms with E-state index in [1.807, 2.05) is 42.5 Å². The molecule has 132 valence electrons. The third-order valence-corrected chi connectivity index (χ3v) is 5.05. The molecule has 3 aromatic rings. The molecular weight excluding hydrogens is 372 g/mol. The van der Waals surface area contributed by atoms with Gasteiger partial charge in [0, 0.05) is 33.5 Å². The van der Waals surface area contributed by atoms with Crippen LogP contribution in [-0.2, 0) is 17.1 Å². The highest BCUT2D eigenvalue weighted by Gasteiger charge is 2.17. The minimum Gasteiger partial charge on any atom is -0.467 e. The van der Waals surface area contributed by atoms with Crippen LogP contribution in [-0.4, -0.2) is 16.8 Å². The Morgan fingerprint density at radius 1 is 1.19 bits per heavy atom. The normalized spacial score (nSPS) is 13.1. The average molecular weight is 387 g/mol. The van der Waals surface area contributed by atoms with Gasteiger partial charge in [-0.3, -0.25) is 4.79 Å². The number of rotatable bonds is 4. The highest BCUT2D eigenvalue weighted by atomic mass is 35.5. The van der Waals surface area contributed by atoms with Gasteiger partial charge in [0.25, 0.3) is 5.56 Å². The zero-order valence-corrected chi connectivity index (χ0v) is 15.3. The van der Waals surface area contributed by atoms with Gasteiger partial charge in [0.1, 0.15) is 5.75 Å². The van der Waals surface area contributed by atoms with E-state index < -0.39 is 0 Å². The lowest BCUT2D eigenvalue weighted by Gasteiger charge is -2.21. The summed E-state index contributed by atoms with van der Waals surface area (Å²) in [5.41, 5.74) is 3.25. The SMILES string of the molecule is O=c1cc(-c2ccccc2)nc(SCc2cc(Cl)cc3c2OCOC3)[nH]1. The second-order valence-electron chi connectivity index (χ2n) is 5.75. The summed E-state index contributed by atoms with van der Waals surface area (Å²) in [6.45, 7) is 0.705. The van der Waals surface area contributed by atoms with Gasteiger partial charge in [-0.2, -0.15) is 0 Å². The molecule has 2 aromatic carbocycles. The van der Waals surface area contributed by atoms with E-state index in [2.05, 4.69) is 9.97 Å². The summed E-state index contributed by atoms with van der Waals surface area (Å²) < 4.78 is 10.9. The van der Waals surface area contributed by atoms with Crippen molar-refractivity contribution in [1.82, 2.24) is 9.97 Å². The first kappa shape index (κ1) is 17.1. The molecule has 0 unspecified atom stereocenters. The molecule has 1 N–H and O–H groups in total. The molecule has 0 saturated carbocycles. The third-order valence-electron chi connectivity index (χ3n) is 3.91. The molecule has 0 atom stereocenters. The molecule has 0 aliphatic carbocycles. The molecule has 26 heavy (non-hydrogen) atoms. The first-order valence-corrected chi connectivity index (χ1v) is 9.37. The summed E-state index contributed by atoms with van der Waals surface area (Å²) in [5, 5.41) is 1.19. The summed E-state index contributed by atoms with van der Waals surface area (Å²) in [7, 11) is 0. The number of aromatic nitrogens is 2. The third kappa shape index (κ3) is 3.77. The number of hydrogen-bond acceptors (Lipinski definition) is 5. The fraction of sp³-hybridized carbons (Fsp3) is 0.158. The number of aromatic amines is 1. The Hall–Kier alpha value is -2.28. The van der Waals surface area contributed by atoms with Crippen molar-refractivity contribution in [1.29, 1.82) is 0 Å². The standard InChI is InChI=1S/C19H15ClN2O3S/c20-15-6-13-9-24-11-25-18(13)14(7-15)10-26-19-21-16(8-17(23)22-19)12-4-2-1-3-5-12/h1-8H,9-11H2,(H,21,22,23). The monoisotopic (exact) mass is 386 g/mol. The van der Waals surface area contributed by atoms with Crippen LogP contribution in [0.25, 0.3) is 11.3 Å². The van der Waals surface area contributed by atoms with E-state index in [1.165, 1.54) is 17.8 Å². The maximum atomic E-state index is 12.0. The largest absolute Gasteiger partial charge is 0.467 e. The molecule has 0 fully saturated rings. The molecule has 1 aliphatic rings. The Morgan fingerprint density at radius 2 is 2.04 bits per heavy atom. The Balaban J connectivity index is 1.60. The highest BCUT2D eigenvalue weighted by Crippen LogP contribution is 2.35. The van der Waals surface area contributed by atoms with Gasteiger partial charge in [0.15, 0.2) is 11.9 Å². The van der Waals surface area contributed by atoms with E-state index in [9.17, 15) is 4.79 Å². The lowest BCUT2D eigenvalue weighted by Crippen LogP contribution is -2.13. The summed E-state index contributed by atoms with van der Waals surface area (Å²) >= 11 is 7.63. The Morgan fingerprint density at radius 3 is 2.88 bits per heavy atom. The number of hydrogen-bond donors (Lipinski definition) is 1. The molecule has 1 aromatic heterocycles. The van der Waals surface area contributed by atoms with Crippen LogP contribution in [0.4, 0.5) is 0 Å².